The molecule has 0 radical (unpaired) electrons. The van der Waals surface area contributed by atoms with Gasteiger partial charge in [0.05, 0.1) is 5.52 Å². The minimum atomic E-state index is -0.631. The Morgan fingerprint density at radius 1 is 0.717 bits per heavy atom. The number of carbonyl (C=O) groups excluding carboxylic acids is 6. The van der Waals surface area contributed by atoms with Crippen molar-refractivity contribution in [3.63, 3.8) is 0 Å². The van der Waals surface area contributed by atoms with Gasteiger partial charge in [0.15, 0.2) is 0 Å². The second-order valence-electron chi connectivity index (χ2n) is 16.1. The zero-order valence-corrected chi connectivity index (χ0v) is 32.8. The number of rotatable bonds is 8. The topological polar surface area (TPSA) is 180 Å². The summed E-state index contributed by atoms with van der Waals surface area (Å²) in [6.45, 7) is 4.72. The highest BCUT2D eigenvalue weighted by atomic mass is 19.1. The first-order valence-electron chi connectivity index (χ1n) is 20.4. The zero-order chi connectivity index (χ0) is 41.5. The van der Waals surface area contributed by atoms with Crippen molar-refractivity contribution in [1.82, 2.24) is 35.6 Å². The monoisotopic (exact) mass is 817 g/mol. The van der Waals surface area contributed by atoms with E-state index in [1.54, 1.807) is 41.4 Å². The standard InChI is InChI=1S/C27H25FN4O4.C17H19N3O4/c28-22-2-1-3-23-21(22)10-16(12-29-23)13-31-9-8-19(15-31)36-18-4-5-20-17(11-18)14-32(27(20)35)24-6-7-25(33)30-26(24)34;21-15-4-3-14(16(22)19-15)20-9-10-1-2-11(7-13(10)17(20)23)24-12-5-6-18-8-12/h1-5,10-12,19,24H,6-9,13-15H2,(H,30,33,34);1-2,7,12,14,18H,3-6,8-9H2,(H,19,21,22)/t19-,24?;12-,14?/m00/s1. The molecule has 0 bridgehead atoms. The van der Waals surface area contributed by atoms with Gasteiger partial charge in [0.25, 0.3) is 11.8 Å². The van der Waals surface area contributed by atoms with Crippen LogP contribution in [0.1, 0.15) is 75.9 Å². The van der Waals surface area contributed by atoms with E-state index in [9.17, 15) is 33.2 Å². The number of nitrogens with zero attached hydrogens (tertiary/aromatic N) is 4. The minimum absolute atomic E-state index is 0.00320. The van der Waals surface area contributed by atoms with E-state index >= 15 is 0 Å². The van der Waals surface area contributed by atoms with Crippen LogP contribution in [0.5, 0.6) is 11.5 Å². The Hall–Kier alpha value is -6.26. The molecule has 0 spiro atoms. The lowest BCUT2D eigenvalue weighted by Crippen LogP contribution is -2.52. The van der Waals surface area contributed by atoms with Gasteiger partial charge in [-0.15, -0.1) is 0 Å². The Morgan fingerprint density at radius 3 is 2.12 bits per heavy atom. The summed E-state index contributed by atoms with van der Waals surface area (Å²) in [5.41, 5.74) is 4.47. The summed E-state index contributed by atoms with van der Waals surface area (Å²) in [7, 11) is 0. The molecule has 3 aromatic carbocycles. The van der Waals surface area contributed by atoms with E-state index in [-0.39, 0.29) is 60.4 Å². The number of likely N-dealkylation sites (tertiary alicyclic amines) is 1. The fourth-order valence-corrected chi connectivity index (χ4v) is 8.88. The first-order valence-corrected chi connectivity index (χ1v) is 20.4. The van der Waals surface area contributed by atoms with Gasteiger partial charge in [-0.2, -0.15) is 0 Å². The van der Waals surface area contributed by atoms with Gasteiger partial charge in [-0.05, 0) is 97.4 Å². The number of amides is 6. The Balaban J connectivity index is 0.000000167. The quantitative estimate of drug-likeness (QED) is 0.223. The summed E-state index contributed by atoms with van der Waals surface area (Å²) in [4.78, 5) is 82.3. The predicted octanol–water partition coefficient (Wildman–Crippen LogP) is 2.98. The second-order valence-corrected chi connectivity index (χ2v) is 16.1. The van der Waals surface area contributed by atoms with Crippen molar-refractivity contribution in [2.24, 2.45) is 0 Å². The molecule has 16 heteroatoms. The van der Waals surface area contributed by atoms with E-state index in [2.05, 4.69) is 25.8 Å². The van der Waals surface area contributed by atoms with Crippen LogP contribution in [0.4, 0.5) is 4.39 Å². The van der Waals surface area contributed by atoms with Crippen LogP contribution in [0.25, 0.3) is 10.9 Å². The summed E-state index contributed by atoms with van der Waals surface area (Å²) in [6.07, 6.45) is 4.93. The van der Waals surface area contributed by atoms with Gasteiger partial charge >= 0.3 is 0 Å². The molecule has 15 nitrogen and oxygen atoms in total. The van der Waals surface area contributed by atoms with Crippen molar-refractivity contribution in [3.8, 4) is 11.5 Å². The van der Waals surface area contributed by atoms with E-state index in [1.165, 1.54) is 11.0 Å². The predicted molar refractivity (Wildman–Crippen MR) is 213 cm³/mol. The lowest BCUT2D eigenvalue weighted by Gasteiger charge is -2.29. The highest BCUT2D eigenvalue weighted by Gasteiger charge is 2.41. The molecule has 10 rings (SSSR count). The van der Waals surface area contributed by atoms with E-state index in [1.807, 2.05) is 24.3 Å². The zero-order valence-electron chi connectivity index (χ0n) is 32.8. The molecule has 6 aliphatic rings. The number of nitrogens with one attached hydrogen (secondary N) is 3. The Bertz CT molecular complexity index is 2420. The van der Waals surface area contributed by atoms with Crippen molar-refractivity contribution >= 4 is 46.3 Å². The van der Waals surface area contributed by atoms with Crippen molar-refractivity contribution in [1.29, 1.82) is 0 Å². The molecular formula is C44H44FN7O8. The fraction of sp³-hybridized carbons (Fsp3) is 0.386. The van der Waals surface area contributed by atoms with Crippen molar-refractivity contribution in [3.05, 3.63) is 100 Å². The minimum Gasteiger partial charge on any atom is -0.489 e. The van der Waals surface area contributed by atoms with Gasteiger partial charge in [-0.1, -0.05) is 12.1 Å². The Labute approximate surface area is 344 Å². The van der Waals surface area contributed by atoms with Crippen LogP contribution in [0, 0.1) is 5.82 Å². The van der Waals surface area contributed by atoms with Crippen LogP contribution in [-0.2, 0) is 38.8 Å². The van der Waals surface area contributed by atoms with E-state index in [0.717, 1.165) is 55.7 Å². The molecule has 3 N–H and O–H groups in total. The molecule has 4 atom stereocenters. The number of imide groups is 2. The fourth-order valence-electron chi connectivity index (χ4n) is 8.88. The van der Waals surface area contributed by atoms with Crippen LogP contribution in [0.15, 0.2) is 66.9 Å². The molecule has 2 unspecified atom stereocenters. The summed E-state index contributed by atoms with van der Waals surface area (Å²) in [5, 5.41) is 8.40. The molecule has 4 aromatic rings. The third kappa shape index (κ3) is 8.04. The second kappa shape index (κ2) is 16.4. The molecule has 310 valence electrons. The van der Waals surface area contributed by atoms with Gasteiger partial charge in [0.2, 0.25) is 23.6 Å². The van der Waals surface area contributed by atoms with Crippen LogP contribution in [0.2, 0.25) is 0 Å². The first-order chi connectivity index (χ1) is 29.1. The van der Waals surface area contributed by atoms with E-state index in [0.29, 0.717) is 66.0 Å². The first kappa shape index (κ1) is 39.2. The third-order valence-electron chi connectivity index (χ3n) is 12.0. The Morgan fingerprint density at radius 2 is 1.40 bits per heavy atom. The number of fused-ring (bicyclic) bond motifs is 3. The van der Waals surface area contributed by atoms with Crippen molar-refractivity contribution in [2.45, 2.75) is 82.5 Å². The lowest BCUT2D eigenvalue weighted by atomic mass is 10.0. The molecule has 0 saturated carbocycles. The summed E-state index contributed by atoms with van der Waals surface area (Å²) in [6, 6.07) is 16.5. The summed E-state index contributed by atoms with van der Waals surface area (Å²) >= 11 is 0. The maximum absolute atomic E-state index is 14.1. The van der Waals surface area contributed by atoms with Crippen molar-refractivity contribution < 1.29 is 42.6 Å². The summed E-state index contributed by atoms with van der Waals surface area (Å²) in [5.74, 6) is -0.648. The number of aromatic nitrogens is 1. The number of carbonyl (C=O) groups is 6. The molecule has 7 heterocycles. The van der Waals surface area contributed by atoms with Crippen LogP contribution in [-0.4, -0.2) is 106 Å². The molecule has 4 saturated heterocycles. The third-order valence-corrected chi connectivity index (χ3v) is 12.0. The Kier molecular flexibility index (Phi) is 10.7. The highest BCUT2D eigenvalue weighted by Crippen LogP contribution is 2.33. The average Bonchev–Trinajstić information content (AvgIpc) is 4.04. The maximum atomic E-state index is 14.1. The lowest BCUT2D eigenvalue weighted by molar-refractivity contribution is -0.138. The van der Waals surface area contributed by atoms with Gasteiger partial charge in [-0.25, -0.2) is 4.39 Å². The van der Waals surface area contributed by atoms with E-state index in [4.69, 9.17) is 9.47 Å². The summed E-state index contributed by atoms with van der Waals surface area (Å²) < 4.78 is 26.3. The number of hydrogen-bond acceptors (Lipinski definition) is 11. The molecule has 6 aliphatic heterocycles. The normalized spacial score (nSPS) is 23.9. The van der Waals surface area contributed by atoms with E-state index < -0.39 is 18.0 Å². The van der Waals surface area contributed by atoms with Crippen molar-refractivity contribution in [2.75, 3.05) is 26.2 Å². The highest BCUT2D eigenvalue weighted by molar-refractivity contribution is 6.06. The van der Waals surface area contributed by atoms with Gasteiger partial charge < -0.3 is 24.6 Å². The largest absolute Gasteiger partial charge is 0.489 e. The molecule has 0 aliphatic carbocycles. The smallest absolute Gasteiger partial charge is 0.255 e. The molecular weight excluding hydrogens is 774 g/mol. The maximum Gasteiger partial charge on any atom is 0.255 e. The van der Waals surface area contributed by atoms with Crippen LogP contribution >= 0.6 is 0 Å². The van der Waals surface area contributed by atoms with Gasteiger partial charge in [0.1, 0.15) is 41.6 Å². The van der Waals surface area contributed by atoms with Gasteiger partial charge in [-0.3, -0.25) is 49.3 Å². The van der Waals surface area contributed by atoms with Crippen LogP contribution in [0.3, 0.4) is 0 Å². The SMILES string of the molecule is O=C1CCC(N2Cc3cc(O[C@H]4CCN(Cc5cnc6cccc(F)c6c5)C4)ccc3C2=O)C(=O)N1.O=C1CCC(N2Cc3ccc(O[C@H]4CCNC4)cc3C2=O)C(=O)N1. The molecule has 4 fully saturated rings. The number of halogens is 1. The number of hydrogen-bond donors (Lipinski definition) is 3. The van der Waals surface area contributed by atoms with Crippen LogP contribution < -0.4 is 25.4 Å². The van der Waals surface area contributed by atoms with Gasteiger partial charge in [0, 0.05) is 74.8 Å². The molecule has 60 heavy (non-hydrogen) atoms. The average molecular weight is 818 g/mol. The molecule has 6 amide bonds. The number of pyridine rings is 1. The molecule has 1 aromatic heterocycles. The number of benzene rings is 3. The number of ether oxygens (including phenoxy) is 2. The number of piperidine rings is 2.